The molecule has 0 bridgehead atoms. The molecule has 0 saturated heterocycles. The van der Waals surface area contributed by atoms with Crippen molar-refractivity contribution in [3.63, 3.8) is 0 Å². The molecule has 0 saturated carbocycles. The third-order valence-electron chi connectivity index (χ3n) is 2.21. The van der Waals surface area contributed by atoms with Crippen LogP contribution in [0.4, 0.5) is 0 Å². The van der Waals surface area contributed by atoms with Gasteiger partial charge in [0, 0.05) is 11.6 Å². The first kappa shape index (κ1) is 11.6. The van der Waals surface area contributed by atoms with Crippen molar-refractivity contribution in [1.82, 2.24) is 5.32 Å². The minimum Gasteiger partial charge on any atom is -0.481 e. The van der Waals surface area contributed by atoms with Gasteiger partial charge in [-0.2, -0.15) is 0 Å². The van der Waals surface area contributed by atoms with Crippen LogP contribution in [0, 0.1) is 12.3 Å². The molecule has 0 aliphatic rings. The normalized spacial score (nSPS) is 11.8. The van der Waals surface area contributed by atoms with Crippen LogP contribution in [0.1, 0.15) is 25.5 Å². The van der Waals surface area contributed by atoms with E-state index in [1.165, 1.54) is 0 Å². The first-order valence-corrected chi connectivity index (χ1v) is 5.18. The second-order valence-electron chi connectivity index (χ2n) is 3.31. The van der Waals surface area contributed by atoms with Crippen LogP contribution in [0.5, 0.6) is 5.75 Å². The van der Waals surface area contributed by atoms with Crippen molar-refractivity contribution in [1.29, 1.82) is 0 Å². The van der Waals surface area contributed by atoms with Crippen LogP contribution in [0.15, 0.2) is 24.3 Å². The number of rotatable bonds is 5. The van der Waals surface area contributed by atoms with Gasteiger partial charge < -0.3 is 10.1 Å². The average molecular weight is 203 g/mol. The van der Waals surface area contributed by atoms with Gasteiger partial charge in [-0.3, -0.25) is 0 Å². The highest BCUT2D eigenvalue weighted by Gasteiger charge is 2.09. The van der Waals surface area contributed by atoms with Crippen molar-refractivity contribution in [3.05, 3.63) is 29.8 Å². The molecule has 2 heteroatoms. The molecule has 0 fully saturated rings. The van der Waals surface area contributed by atoms with Gasteiger partial charge in [-0.15, -0.1) is 6.42 Å². The average Bonchev–Trinajstić information content (AvgIpc) is 2.27. The van der Waals surface area contributed by atoms with Gasteiger partial charge in [-0.25, -0.2) is 0 Å². The highest BCUT2D eigenvalue weighted by Crippen LogP contribution is 2.24. The quantitative estimate of drug-likeness (QED) is 0.742. The van der Waals surface area contributed by atoms with Crippen molar-refractivity contribution in [2.75, 3.05) is 13.2 Å². The van der Waals surface area contributed by atoms with Crippen LogP contribution in [0.25, 0.3) is 0 Å². The fourth-order valence-corrected chi connectivity index (χ4v) is 1.51. The van der Waals surface area contributed by atoms with E-state index in [1.54, 1.807) is 0 Å². The first-order valence-electron chi connectivity index (χ1n) is 5.18. The number of hydrogen-bond acceptors (Lipinski definition) is 2. The Hall–Kier alpha value is -1.46. The molecule has 0 amide bonds. The molecule has 2 nitrogen and oxygen atoms in total. The predicted molar refractivity (Wildman–Crippen MR) is 62.9 cm³/mol. The van der Waals surface area contributed by atoms with Gasteiger partial charge in [0.25, 0.3) is 0 Å². The van der Waals surface area contributed by atoms with Gasteiger partial charge in [-0.05, 0) is 19.5 Å². The van der Waals surface area contributed by atoms with Crippen LogP contribution >= 0.6 is 0 Å². The zero-order valence-corrected chi connectivity index (χ0v) is 9.29. The Morgan fingerprint density at radius 2 is 2.20 bits per heavy atom. The van der Waals surface area contributed by atoms with E-state index in [9.17, 15) is 0 Å². The summed E-state index contributed by atoms with van der Waals surface area (Å²) in [5.74, 6) is 3.34. The Morgan fingerprint density at radius 1 is 1.47 bits per heavy atom. The van der Waals surface area contributed by atoms with Crippen LogP contribution in [-0.2, 0) is 0 Å². The second-order valence-corrected chi connectivity index (χ2v) is 3.31. The Morgan fingerprint density at radius 3 is 2.87 bits per heavy atom. The van der Waals surface area contributed by atoms with Gasteiger partial charge in [-0.1, -0.05) is 31.0 Å². The molecule has 0 aromatic heterocycles. The van der Waals surface area contributed by atoms with E-state index >= 15 is 0 Å². The Kier molecular flexibility index (Phi) is 4.73. The fraction of sp³-hybridized carbons (Fsp3) is 0.385. The van der Waals surface area contributed by atoms with E-state index in [0.29, 0.717) is 6.61 Å². The van der Waals surface area contributed by atoms with Crippen molar-refractivity contribution in [2.24, 2.45) is 0 Å². The summed E-state index contributed by atoms with van der Waals surface area (Å²) in [5, 5.41) is 3.35. The Bertz CT molecular complexity index is 341. The molecule has 0 spiro atoms. The minimum atomic E-state index is 0.281. The molecule has 0 radical (unpaired) electrons. The van der Waals surface area contributed by atoms with E-state index in [4.69, 9.17) is 11.2 Å². The smallest absolute Gasteiger partial charge is 0.148 e. The summed E-state index contributed by atoms with van der Waals surface area (Å²) in [6.07, 6.45) is 5.17. The lowest BCUT2D eigenvalue weighted by Crippen LogP contribution is -2.18. The lowest BCUT2D eigenvalue weighted by atomic mass is 10.1. The topological polar surface area (TPSA) is 21.3 Å². The number of benzene rings is 1. The van der Waals surface area contributed by atoms with Crippen LogP contribution in [-0.4, -0.2) is 13.2 Å². The summed E-state index contributed by atoms with van der Waals surface area (Å²) < 4.78 is 5.48. The second kappa shape index (κ2) is 6.10. The fourth-order valence-electron chi connectivity index (χ4n) is 1.51. The van der Waals surface area contributed by atoms with Crippen molar-refractivity contribution in [3.8, 4) is 18.1 Å². The predicted octanol–water partition coefficient (Wildman–Crippen LogP) is 2.37. The third-order valence-corrected chi connectivity index (χ3v) is 2.21. The van der Waals surface area contributed by atoms with Gasteiger partial charge in [0.15, 0.2) is 0 Å². The summed E-state index contributed by atoms with van der Waals surface area (Å²) in [4.78, 5) is 0. The monoisotopic (exact) mass is 203 g/mol. The standard InChI is InChI=1S/C13H17NO/c1-4-10-15-13-9-7-6-8-12(13)11(3)14-5-2/h1,6-9,11,14H,5,10H2,2-3H3. The summed E-state index contributed by atoms with van der Waals surface area (Å²) in [6, 6.07) is 8.24. The Labute approximate surface area is 91.6 Å². The third kappa shape index (κ3) is 3.30. The minimum absolute atomic E-state index is 0.281. The van der Waals surface area contributed by atoms with Crippen molar-refractivity contribution in [2.45, 2.75) is 19.9 Å². The van der Waals surface area contributed by atoms with Crippen LogP contribution < -0.4 is 10.1 Å². The molecule has 1 rings (SSSR count). The van der Waals surface area contributed by atoms with Gasteiger partial charge in [0.2, 0.25) is 0 Å². The first-order chi connectivity index (χ1) is 7.29. The summed E-state index contributed by atoms with van der Waals surface area (Å²) in [7, 11) is 0. The highest BCUT2D eigenvalue weighted by molar-refractivity contribution is 5.35. The maximum atomic E-state index is 5.48. The van der Waals surface area contributed by atoms with E-state index in [2.05, 4.69) is 31.2 Å². The highest BCUT2D eigenvalue weighted by atomic mass is 16.5. The van der Waals surface area contributed by atoms with Crippen molar-refractivity contribution < 1.29 is 4.74 Å². The summed E-state index contributed by atoms with van der Waals surface area (Å²) >= 11 is 0. The maximum Gasteiger partial charge on any atom is 0.148 e. The SMILES string of the molecule is C#CCOc1ccccc1C(C)NCC. The number of terminal acetylenes is 1. The molecule has 0 heterocycles. The molecule has 1 aromatic rings. The molecule has 1 aromatic carbocycles. The zero-order valence-electron chi connectivity index (χ0n) is 9.29. The molecular formula is C13H17NO. The maximum absolute atomic E-state index is 5.48. The number of para-hydroxylation sites is 1. The van der Waals surface area contributed by atoms with E-state index < -0.39 is 0 Å². The zero-order chi connectivity index (χ0) is 11.1. The molecule has 0 aliphatic heterocycles. The lowest BCUT2D eigenvalue weighted by Gasteiger charge is -2.16. The molecule has 80 valence electrons. The number of hydrogen-bond donors (Lipinski definition) is 1. The van der Waals surface area contributed by atoms with Gasteiger partial charge >= 0.3 is 0 Å². The van der Waals surface area contributed by atoms with Gasteiger partial charge in [0.1, 0.15) is 12.4 Å². The van der Waals surface area contributed by atoms with Crippen LogP contribution in [0.3, 0.4) is 0 Å². The molecule has 15 heavy (non-hydrogen) atoms. The molecular weight excluding hydrogens is 186 g/mol. The number of ether oxygens (including phenoxy) is 1. The number of nitrogens with one attached hydrogen (secondary N) is 1. The molecule has 0 aliphatic carbocycles. The molecule has 1 unspecified atom stereocenters. The molecule has 1 N–H and O–H groups in total. The van der Waals surface area contributed by atoms with E-state index in [0.717, 1.165) is 17.9 Å². The summed E-state index contributed by atoms with van der Waals surface area (Å²) in [5.41, 5.74) is 1.15. The summed E-state index contributed by atoms with van der Waals surface area (Å²) in [6.45, 7) is 5.45. The van der Waals surface area contributed by atoms with Crippen molar-refractivity contribution >= 4 is 0 Å². The lowest BCUT2D eigenvalue weighted by molar-refractivity contribution is 0.361. The van der Waals surface area contributed by atoms with E-state index in [-0.39, 0.29) is 6.04 Å². The Balaban J connectivity index is 2.81. The molecule has 1 atom stereocenters. The van der Waals surface area contributed by atoms with Gasteiger partial charge in [0.05, 0.1) is 0 Å². The van der Waals surface area contributed by atoms with Crippen LogP contribution in [0.2, 0.25) is 0 Å². The van der Waals surface area contributed by atoms with E-state index in [1.807, 2.05) is 18.2 Å². The largest absolute Gasteiger partial charge is 0.481 e.